The van der Waals surface area contributed by atoms with E-state index in [0.29, 0.717) is 5.69 Å². The monoisotopic (exact) mass is 639 g/mol. The Kier molecular flexibility index (Phi) is 8.72. The van der Waals surface area contributed by atoms with E-state index in [-0.39, 0.29) is 37.2 Å². The number of benzene rings is 1. The third-order valence-electron chi connectivity index (χ3n) is 3.97. The number of nitrogens with zero attached hydrogens (tertiary/aromatic N) is 6. The number of hydrogen-bond acceptors (Lipinski definition) is 5. The second-order valence-corrected chi connectivity index (χ2v) is 6.51. The summed E-state index contributed by atoms with van der Waals surface area (Å²) in [7, 11) is 3.76. The molecule has 175 valence electrons. The molecule has 4 aromatic rings. The fourth-order valence-corrected chi connectivity index (χ4v) is 2.44. The van der Waals surface area contributed by atoms with E-state index >= 15 is 0 Å². The molecule has 33 heavy (non-hydrogen) atoms. The largest absolute Gasteiger partial charge is 0.429 e. The third-order valence-corrected chi connectivity index (χ3v) is 3.97. The van der Waals surface area contributed by atoms with Gasteiger partial charge in [-0.2, -0.15) is 13.2 Å². The second-order valence-electron chi connectivity index (χ2n) is 6.51. The Morgan fingerprint density at radius 3 is 2.27 bits per heavy atom. The Hall–Kier alpha value is -3.24. The first-order valence-corrected chi connectivity index (χ1v) is 9.01. The summed E-state index contributed by atoms with van der Waals surface area (Å²) in [5, 5.41) is 6.25. The van der Waals surface area contributed by atoms with Gasteiger partial charge in [0.1, 0.15) is 5.82 Å². The standard InChI is InChI=1S/C13H11F2N2.C8H4F3N4.Ir/c1-17(2)10-5-6-16-13(8-10)11-4-3-9(14)7-12(11)15;9-8(10,11)7-13-6(14-15-7)5-3-1-2-4-12-5;/h3,5-8H,1-2H3;1-4H;/q2*-1;. The van der Waals surface area contributed by atoms with Crippen LogP contribution in [0.2, 0.25) is 0 Å². The van der Waals surface area contributed by atoms with Gasteiger partial charge in [0.15, 0.2) is 0 Å². The number of aromatic nitrogens is 5. The minimum Gasteiger partial charge on any atom is -0.413 e. The quantitative estimate of drug-likeness (QED) is 0.245. The molecule has 0 saturated heterocycles. The van der Waals surface area contributed by atoms with Gasteiger partial charge in [-0.25, -0.2) is 0 Å². The summed E-state index contributed by atoms with van der Waals surface area (Å²) in [4.78, 5) is 13.0. The minimum absolute atomic E-state index is 0. The van der Waals surface area contributed by atoms with Gasteiger partial charge in [0, 0.05) is 63.9 Å². The fourth-order valence-electron chi connectivity index (χ4n) is 2.44. The summed E-state index contributed by atoms with van der Waals surface area (Å²) in [5.74, 6) is -2.67. The molecular formula is C21H15F5IrN6-2. The van der Waals surface area contributed by atoms with Crippen LogP contribution in [-0.4, -0.2) is 34.1 Å². The molecule has 0 N–H and O–H groups in total. The van der Waals surface area contributed by atoms with Crippen LogP contribution in [0.4, 0.5) is 27.6 Å². The molecule has 0 amide bonds. The van der Waals surface area contributed by atoms with Crippen LogP contribution in [0.3, 0.4) is 0 Å². The molecule has 0 atom stereocenters. The van der Waals surface area contributed by atoms with Crippen molar-refractivity contribution in [2.75, 3.05) is 19.0 Å². The van der Waals surface area contributed by atoms with Crippen LogP contribution in [-0.2, 0) is 26.3 Å². The molecule has 6 nitrogen and oxygen atoms in total. The summed E-state index contributed by atoms with van der Waals surface area (Å²) in [5.41, 5.74) is 1.77. The van der Waals surface area contributed by atoms with E-state index in [2.05, 4.69) is 31.2 Å². The summed E-state index contributed by atoms with van der Waals surface area (Å²) < 4.78 is 62.7. The van der Waals surface area contributed by atoms with Crippen molar-refractivity contribution in [2.45, 2.75) is 6.18 Å². The van der Waals surface area contributed by atoms with Crippen LogP contribution in [0.5, 0.6) is 0 Å². The molecule has 0 fully saturated rings. The summed E-state index contributed by atoms with van der Waals surface area (Å²) >= 11 is 0. The van der Waals surface area contributed by atoms with Gasteiger partial charge < -0.3 is 20.0 Å². The minimum atomic E-state index is -4.57. The van der Waals surface area contributed by atoms with Gasteiger partial charge in [0.05, 0.1) is 5.69 Å². The van der Waals surface area contributed by atoms with Crippen LogP contribution >= 0.6 is 0 Å². The first kappa shape index (κ1) is 26.0. The van der Waals surface area contributed by atoms with E-state index in [4.69, 9.17) is 0 Å². The van der Waals surface area contributed by atoms with Crippen LogP contribution in [0, 0.1) is 17.7 Å². The van der Waals surface area contributed by atoms with Crippen LogP contribution in [0.25, 0.3) is 22.8 Å². The number of rotatable bonds is 3. The van der Waals surface area contributed by atoms with Gasteiger partial charge in [-0.15, -0.1) is 12.1 Å². The van der Waals surface area contributed by atoms with Gasteiger partial charge >= 0.3 is 6.18 Å². The normalized spacial score (nSPS) is 10.6. The SMILES string of the molecule is CN(C)c1ccnc(-c2[c-]cc(F)cc2F)c1.FC(F)(F)c1n[n-]c(-c2ccccn2)n1.[Ir]. The molecule has 3 aromatic heterocycles. The molecule has 0 spiro atoms. The Morgan fingerprint density at radius 1 is 0.970 bits per heavy atom. The Morgan fingerprint density at radius 2 is 1.70 bits per heavy atom. The number of halogens is 5. The molecule has 0 bridgehead atoms. The zero-order chi connectivity index (χ0) is 23.3. The molecule has 4 rings (SSSR count). The summed E-state index contributed by atoms with van der Waals surface area (Å²) in [6.07, 6.45) is -1.54. The maximum atomic E-state index is 13.5. The van der Waals surface area contributed by atoms with Crippen molar-refractivity contribution >= 4 is 5.69 Å². The number of anilines is 1. The first-order valence-electron chi connectivity index (χ1n) is 9.01. The van der Waals surface area contributed by atoms with Crippen LogP contribution in [0.1, 0.15) is 5.82 Å². The van der Waals surface area contributed by atoms with Crippen molar-refractivity contribution in [3.63, 3.8) is 0 Å². The molecule has 3 heterocycles. The summed E-state index contributed by atoms with van der Waals surface area (Å²) in [6.45, 7) is 0. The molecule has 12 heteroatoms. The van der Waals surface area contributed by atoms with Crippen molar-refractivity contribution < 1.29 is 42.1 Å². The van der Waals surface area contributed by atoms with E-state index in [1.54, 1.807) is 24.4 Å². The molecular weight excluding hydrogens is 623 g/mol. The Balaban J connectivity index is 0.000000228. The smallest absolute Gasteiger partial charge is 0.413 e. The predicted octanol–water partition coefficient (Wildman–Crippen LogP) is 4.41. The van der Waals surface area contributed by atoms with Crippen LogP contribution in [0.15, 0.2) is 54.9 Å². The van der Waals surface area contributed by atoms with Gasteiger partial charge in [0.25, 0.3) is 0 Å². The number of hydrogen-bond donors (Lipinski definition) is 0. The molecule has 0 saturated carbocycles. The number of pyridine rings is 2. The maximum Gasteiger partial charge on any atom is 0.429 e. The van der Waals surface area contributed by atoms with Gasteiger partial charge in [-0.05, 0) is 29.7 Å². The predicted molar refractivity (Wildman–Crippen MR) is 106 cm³/mol. The summed E-state index contributed by atoms with van der Waals surface area (Å²) in [6, 6.07) is 12.8. The van der Waals surface area contributed by atoms with Gasteiger partial charge in [-0.3, -0.25) is 18.9 Å². The number of alkyl halides is 3. The topological polar surface area (TPSA) is 68.9 Å². The van der Waals surface area contributed by atoms with E-state index in [9.17, 15) is 22.0 Å². The van der Waals surface area contributed by atoms with Crippen LogP contribution < -0.4 is 10.00 Å². The molecule has 1 aromatic carbocycles. The maximum absolute atomic E-state index is 13.5. The molecule has 0 unspecified atom stereocenters. The zero-order valence-electron chi connectivity index (χ0n) is 17.1. The molecule has 0 aliphatic carbocycles. The van der Waals surface area contributed by atoms with E-state index in [1.165, 1.54) is 12.3 Å². The zero-order valence-corrected chi connectivity index (χ0v) is 19.5. The first-order chi connectivity index (χ1) is 15.1. The third kappa shape index (κ3) is 6.87. The molecule has 0 aliphatic heterocycles. The van der Waals surface area contributed by atoms with Crippen molar-refractivity contribution in [3.8, 4) is 22.8 Å². The Labute approximate surface area is 199 Å². The average molecular weight is 639 g/mol. The van der Waals surface area contributed by atoms with Crippen molar-refractivity contribution in [3.05, 3.63) is 78.4 Å². The molecule has 1 radical (unpaired) electrons. The van der Waals surface area contributed by atoms with Crippen molar-refractivity contribution in [1.82, 2.24) is 25.1 Å². The average Bonchev–Trinajstić information content (AvgIpc) is 3.26. The molecule has 0 aliphatic rings. The van der Waals surface area contributed by atoms with E-state index in [1.807, 2.05) is 25.1 Å². The van der Waals surface area contributed by atoms with Crippen molar-refractivity contribution in [1.29, 1.82) is 0 Å². The van der Waals surface area contributed by atoms with Gasteiger partial charge in [-0.1, -0.05) is 23.8 Å². The fraction of sp³-hybridized carbons (Fsp3) is 0.143. The second kappa shape index (κ2) is 11.1. The Bertz CT molecular complexity index is 1180. The van der Waals surface area contributed by atoms with E-state index < -0.39 is 23.6 Å². The van der Waals surface area contributed by atoms with Crippen molar-refractivity contribution in [2.24, 2.45) is 0 Å². The van der Waals surface area contributed by atoms with E-state index in [0.717, 1.165) is 17.8 Å². The van der Waals surface area contributed by atoms with Gasteiger partial charge in [0.2, 0.25) is 0 Å².